The second-order valence-corrected chi connectivity index (χ2v) is 8.04. The van der Waals surface area contributed by atoms with Crippen LogP contribution in [0.25, 0.3) is 0 Å². The van der Waals surface area contributed by atoms with Crippen molar-refractivity contribution in [1.82, 2.24) is 10.6 Å². The van der Waals surface area contributed by atoms with Gasteiger partial charge in [0, 0.05) is 30.5 Å². The highest BCUT2D eigenvalue weighted by Gasteiger charge is 2.59. The van der Waals surface area contributed by atoms with E-state index in [0.29, 0.717) is 24.0 Å². The van der Waals surface area contributed by atoms with Crippen LogP contribution in [-0.2, 0) is 4.74 Å². The second kappa shape index (κ2) is 9.90. The number of ether oxygens (including phenoxy) is 2. The van der Waals surface area contributed by atoms with Crippen molar-refractivity contribution in [3.8, 4) is 5.75 Å². The molecule has 0 radical (unpaired) electrons. The molecule has 0 spiro atoms. The van der Waals surface area contributed by atoms with Gasteiger partial charge in [0.25, 0.3) is 0 Å². The first-order chi connectivity index (χ1) is 13.6. The molecule has 170 valence electrons. The van der Waals surface area contributed by atoms with E-state index in [0.717, 1.165) is 13.0 Å². The van der Waals surface area contributed by atoms with Gasteiger partial charge in [-0.1, -0.05) is 26.0 Å². The van der Waals surface area contributed by atoms with Gasteiger partial charge in [0.2, 0.25) is 0 Å². The number of guanidine groups is 1. The maximum atomic E-state index is 12.2. The summed E-state index contributed by atoms with van der Waals surface area (Å²) < 4.78 is 46.4. The Hall–Kier alpha value is -1.27. The predicted molar refractivity (Wildman–Crippen MR) is 118 cm³/mol. The van der Waals surface area contributed by atoms with E-state index in [1.807, 2.05) is 6.92 Å². The molecule has 30 heavy (non-hydrogen) atoms. The van der Waals surface area contributed by atoms with Gasteiger partial charge in [-0.05, 0) is 31.0 Å². The number of nitrogens with zero attached hydrogens (tertiary/aromatic N) is 1. The van der Waals surface area contributed by atoms with Crippen molar-refractivity contribution in [2.24, 2.45) is 16.3 Å². The van der Waals surface area contributed by atoms with Crippen molar-refractivity contribution in [1.29, 1.82) is 0 Å². The molecule has 3 N–H and O–H groups in total. The average molecular weight is 543 g/mol. The molecular formula is C20H29F3IN3O3. The molecule has 1 aliphatic carbocycles. The number of aliphatic imine (C=N–C) groups is 1. The highest BCUT2D eigenvalue weighted by molar-refractivity contribution is 14.0. The van der Waals surface area contributed by atoms with Crippen LogP contribution < -0.4 is 15.4 Å². The summed E-state index contributed by atoms with van der Waals surface area (Å²) in [5.41, 5.74) is 0.456. The lowest BCUT2D eigenvalue weighted by Gasteiger charge is -2.54. The summed E-state index contributed by atoms with van der Waals surface area (Å²) in [7, 11) is 0. The van der Waals surface area contributed by atoms with Crippen LogP contribution in [0.1, 0.15) is 38.9 Å². The molecule has 4 unspecified atom stereocenters. The van der Waals surface area contributed by atoms with Gasteiger partial charge in [0.1, 0.15) is 5.75 Å². The zero-order valence-electron chi connectivity index (χ0n) is 17.2. The molecule has 1 aromatic carbocycles. The van der Waals surface area contributed by atoms with Crippen LogP contribution in [0, 0.1) is 11.3 Å². The summed E-state index contributed by atoms with van der Waals surface area (Å²) in [4.78, 5) is 4.47. The third-order valence-electron chi connectivity index (χ3n) is 5.66. The molecule has 0 aromatic heterocycles. The van der Waals surface area contributed by atoms with Gasteiger partial charge in [-0.25, -0.2) is 0 Å². The van der Waals surface area contributed by atoms with Crippen LogP contribution in [0.15, 0.2) is 29.3 Å². The van der Waals surface area contributed by atoms with Gasteiger partial charge in [-0.15, -0.1) is 37.1 Å². The van der Waals surface area contributed by atoms with Crippen molar-refractivity contribution in [3.63, 3.8) is 0 Å². The summed E-state index contributed by atoms with van der Waals surface area (Å²) >= 11 is 0. The van der Waals surface area contributed by atoms with Crippen LogP contribution in [0.3, 0.4) is 0 Å². The Balaban J connectivity index is 0.00000320. The van der Waals surface area contributed by atoms with E-state index in [9.17, 15) is 18.3 Å². The number of rotatable bonds is 6. The van der Waals surface area contributed by atoms with Gasteiger partial charge in [-0.3, -0.25) is 4.99 Å². The Morgan fingerprint density at radius 2 is 2.00 bits per heavy atom. The third kappa shape index (κ3) is 5.70. The van der Waals surface area contributed by atoms with Crippen molar-refractivity contribution in [2.45, 2.75) is 51.8 Å². The highest BCUT2D eigenvalue weighted by atomic mass is 127. The number of hydrogen-bond acceptors (Lipinski definition) is 4. The molecule has 2 fully saturated rings. The molecule has 1 aliphatic heterocycles. The van der Waals surface area contributed by atoms with E-state index in [-0.39, 0.29) is 53.8 Å². The molecule has 0 bridgehead atoms. The van der Waals surface area contributed by atoms with E-state index >= 15 is 0 Å². The monoisotopic (exact) mass is 543 g/mol. The molecule has 1 heterocycles. The van der Waals surface area contributed by atoms with E-state index < -0.39 is 12.5 Å². The number of aliphatic hydroxyl groups is 1. The number of fused-ring (bicyclic) bond motifs is 1. The van der Waals surface area contributed by atoms with Gasteiger partial charge < -0.3 is 25.2 Å². The standard InChI is InChI=1S/C20H28F3N3O3.HI/c1-4-24-18(26-16-14-9-10-28-17(14)19(16,2)3)25-11-15(27)12-5-7-13(8-6-12)29-20(21,22)23;/h5-8,14-17,27H,4,9-11H2,1-3H3,(H2,24,25,26);1H. The van der Waals surface area contributed by atoms with Gasteiger partial charge in [0.05, 0.1) is 18.8 Å². The minimum absolute atomic E-state index is 0. The molecule has 1 saturated heterocycles. The van der Waals surface area contributed by atoms with E-state index in [1.54, 1.807) is 0 Å². The van der Waals surface area contributed by atoms with Crippen LogP contribution in [0.5, 0.6) is 5.75 Å². The van der Waals surface area contributed by atoms with Gasteiger partial charge in [-0.2, -0.15) is 0 Å². The molecule has 2 aliphatic rings. The van der Waals surface area contributed by atoms with Gasteiger partial charge >= 0.3 is 6.36 Å². The summed E-state index contributed by atoms with van der Waals surface area (Å²) in [6.45, 7) is 7.81. The van der Waals surface area contributed by atoms with Gasteiger partial charge in [0.15, 0.2) is 5.96 Å². The number of aliphatic hydroxyl groups excluding tert-OH is 1. The van der Waals surface area contributed by atoms with E-state index in [4.69, 9.17) is 4.74 Å². The smallest absolute Gasteiger partial charge is 0.406 e. The normalized spacial score (nSPS) is 26.1. The summed E-state index contributed by atoms with van der Waals surface area (Å²) in [5.74, 6) is 0.722. The largest absolute Gasteiger partial charge is 0.573 e. The van der Waals surface area contributed by atoms with Crippen LogP contribution in [0.4, 0.5) is 13.2 Å². The number of halogens is 4. The lowest BCUT2D eigenvalue weighted by Crippen LogP contribution is -2.68. The minimum Gasteiger partial charge on any atom is -0.406 e. The first-order valence-electron chi connectivity index (χ1n) is 9.82. The molecule has 0 amide bonds. The zero-order valence-corrected chi connectivity index (χ0v) is 19.5. The van der Waals surface area contributed by atoms with Crippen molar-refractivity contribution >= 4 is 29.9 Å². The first kappa shape index (κ1) is 25.0. The number of benzene rings is 1. The van der Waals surface area contributed by atoms with Crippen LogP contribution in [-0.4, -0.2) is 49.3 Å². The van der Waals surface area contributed by atoms with E-state index in [1.165, 1.54) is 24.3 Å². The Morgan fingerprint density at radius 3 is 2.60 bits per heavy atom. The van der Waals surface area contributed by atoms with Crippen molar-refractivity contribution < 1.29 is 27.8 Å². The fourth-order valence-electron chi connectivity index (χ4n) is 4.26. The summed E-state index contributed by atoms with van der Waals surface area (Å²) in [5, 5.41) is 17.0. The molecule has 1 saturated carbocycles. The first-order valence-corrected chi connectivity index (χ1v) is 9.82. The fourth-order valence-corrected chi connectivity index (χ4v) is 4.26. The van der Waals surface area contributed by atoms with E-state index in [2.05, 4.69) is 34.2 Å². The Kier molecular flexibility index (Phi) is 8.25. The average Bonchev–Trinajstić information content (AvgIpc) is 3.10. The maximum Gasteiger partial charge on any atom is 0.573 e. The van der Waals surface area contributed by atoms with Crippen LogP contribution >= 0.6 is 24.0 Å². The molecule has 4 atom stereocenters. The van der Waals surface area contributed by atoms with Crippen molar-refractivity contribution in [2.75, 3.05) is 19.7 Å². The highest BCUT2D eigenvalue weighted by Crippen LogP contribution is 2.52. The number of nitrogens with one attached hydrogen (secondary N) is 2. The summed E-state index contributed by atoms with van der Waals surface area (Å²) in [6.07, 6.45) is -4.41. The number of alkyl halides is 3. The molecule has 6 nitrogen and oxygen atoms in total. The van der Waals surface area contributed by atoms with Crippen LogP contribution in [0.2, 0.25) is 0 Å². The molecule has 3 rings (SSSR count). The SMILES string of the molecule is CCNC(=NCC(O)c1ccc(OC(F)(F)F)cc1)NC1C2CCOC2C1(C)C.I. The lowest BCUT2D eigenvalue weighted by molar-refractivity contribution is -0.274. The lowest BCUT2D eigenvalue weighted by atomic mass is 9.57. The molecular weight excluding hydrogens is 514 g/mol. The third-order valence-corrected chi connectivity index (χ3v) is 5.66. The zero-order chi connectivity index (χ0) is 21.2. The second-order valence-electron chi connectivity index (χ2n) is 8.04. The molecule has 10 heteroatoms. The topological polar surface area (TPSA) is 75.1 Å². The Morgan fingerprint density at radius 1 is 1.33 bits per heavy atom. The summed E-state index contributed by atoms with van der Waals surface area (Å²) in [6, 6.07) is 5.38. The number of hydrogen-bond donors (Lipinski definition) is 3. The Labute approximate surface area is 191 Å². The quantitative estimate of drug-likeness (QED) is 0.291. The minimum atomic E-state index is -4.74. The molecule has 1 aromatic rings. The van der Waals surface area contributed by atoms with Crippen molar-refractivity contribution in [3.05, 3.63) is 29.8 Å². The maximum absolute atomic E-state index is 12.2. The fraction of sp³-hybridized carbons (Fsp3) is 0.650. The predicted octanol–water partition coefficient (Wildman–Crippen LogP) is 3.61. The Bertz CT molecular complexity index is 728.